The molecule has 1 aliphatic heterocycles. The lowest BCUT2D eigenvalue weighted by molar-refractivity contribution is -0.126. The number of aliphatic hydroxyl groups excluding tert-OH is 1. The summed E-state index contributed by atoms with van der Waals surface area (Å²) in [4.78, 5) is 29.6. The van der Waals surface area contributed by atoms with Crippen LogP contribution in [-0.4, -0.2) is 29.6 Å². The number of hydrogen-bond acceptors (Lipinski definition) is 4. The molecule has 3 aliphatic carbocycles. The van der Waals surface area contributed by atoms with Crippen LogP contribution in [0.5, 0.6) is 5.75 Å². The molecule has 184 valence electrons. The van der Waals surface area contributed by atoms with Crippen molar-refractivity contribution < 1.29 is 19.4 Å². The van der Waals surface area contributed by atoms with Gasteiger partial charge in [-0.2, -0.15) is 0 Å². The summed E-state index contributed by atoms with van der Waals surface area (Å²) >= 11 is 0. The Hall–Kier alpha value is -3.44. The van der Waals surface area contributed by atoms with Crippen LogP contribution in [0.4, 0.5) is 5.69 Å². The number of nitrogens with zero attached hydrogens (tertiary/aromatic N) is 1. The molecule has 5 nitrogen and oxygen atoms in total. The largest absolute Gasteiger partial charge is 0.494 e. The number of imide groups is 1. The van der Waals surface area contributed by atoms with Gasteiger partial charge < -0.3 is 9.84 Å². The fraction of sp³-hybridized carbons (Fsp3) is 0.355. The monoisotopic (exact) mass is 481 g/mol. The van der Waals surface area contributed by atoms with Gasteiger partial charge in [0.1, 0.15) is 5.75 Å². The minimum Gasteiger partial charge on any atom is -0.494 e. The summed E-state index contributed by atoms with van der Waals surface area (Å²) in [6.45, 7) is 4.55. The summed E-state index contributed by atoms with van der Waals surface area (Å²) in [6.07, 6.45) is 2.39. The maximum absolute atomic E-state index is 14.2. The van der Waals surface area contributed by atoms with Crippen LogP contribution < -0.4 is 9.64 Å². The number of aliphatic hydroxyl groups is 1. The second kappa shape index (κ2) is 8.59. The molecular formula is C31H31NO4. The van der Waals surface area contributed by atoms with Gasteiger partial charge in [0.05, 0.1) is 35.6 Å². The van der Waals surface area contributed by atoms with Gasteiger partial charge in [-0.3, -0.25) is 9.59 Å². The van der Waals surface area contributed by atoms with E-state index < -0.39 is 23.4 Å². The molecule has 1 heterocycles. The Balaban J connectivity index is 1.43. The molecule has 0 spiro atoms. The van der Waals surface area contributed by atoms with Crippen LogP contribution in [0.3, 0.4) is 0 Å². The van der Waals surface area contributed by atoms with Crippen molar-refractivity contribution >= 4 is 17.5 Å². The van der Waals surface area contributed by atoms with Crippen LogP contribution in [-0.2, 0) is 15.0 Å². The van der Waals surface area contributed by atoms with E-state index >= 15 is 0 Å². The molecule has 3 unspecified atom stereocenters. The summed E-state index contributed by atoms with van der Waals surface area (Å²) in [5.41, 5.74) is 3.58. The first kappa shape index (κ1) is 23.0. The first-order valence-corrected chi connectivity index (χ1v) is 13.0. The van der Waals surface area contributed by atoms with Crippen molar-refractivity contribution in [1.29, 1.82) is 0 Å². The number of rotatable bonds is 7. The van der Waals surface area contributed by atoms with Crippen LogP contribution in [0.2, 0.25) is 0 Å². The molecule has 0 saturated carbocycles. The second-order valence-corrected chi connectivity index (χ2v) is 10.3. The first-order chi connectivity index (χ1) is 17.5. The van der Waals surface area contributed by atoms with Crippen molar-refractivity contribution in [3.8, 4) is 5.75 Å². The van der Waals surface area contributed by atoms with Gasteiger partial charge in [-0.25, -0.2) is 4.90 Å². The first-order valence-electron chi connectivity index (χ1n) is 13.0. The van der Waals surface area contributed by atoms with Gasteiger partial charge in [-0.15, -0.1) is 0 Å². The molecule has 36 heavy (non-hydrogen) atoms. The molecule has 0 aromatic heterocycles. The third-order valence-corrected chi connectivity index (χ3v) is 8.45. The highest BCUT2D eigenvalue weighted by molar-refractivity contribution is 6.23. The normalized spacial score (nSPS) is 26.4. The molecule has 1 saturated heterocycles. The van der Waals surface area contributed by atoms with E-state index in [1.807, 2.05) is 60.7 Å². The average molecular weight is 482 g/mol. The van der Waals surface area contributed by atoms with Gasteiger partial charge in [0.15, 0.2) is 0 Å². The Morgan fingerprint density at radius 2 is 1.50 bits per heavy atom. The summed E-state index contributed by atoms with van der Waals surface area (Å²) in [6, 6.07) is 23.2. The smallest absolute Gasteiger partial charge is 0.239 e. The number of hydrogen-bond donors (Lipinski definition) is 1. The quantitative estimate of drug-likeness (QED) is 0.373. The molecule has 3 aromatic carbocycles. The molecular weight excluding hydrogens is 450 g/mol. The van der Waals surface area contributed by atoms with Crippen molar-refractivity contribution in [3.05, 3.63) is 95.1 Å². The van der Waals surface area contributed by atoms with Crippen molar-refractivity contribution in [1.82, 2.24) is 0 Å². The van der Waals surface area contributed by atoms with Crippen LogP contribution in [0.25, 0.3) is 0 Å². The summed E-state index contributed by atoms with van der Waals surface area (Å²) in [5.74, 6) is -1.14. The van der Waals surface area contributed by atoms with Crippen molar-refractivity contribution in [2.75, 3.05) is 11.5 Å². The topological polar surface area (TPSA) is 66.8 Å². The molecule has 5 heteroatoms. The van der Waals surface area contributed by atoms with Gasteiger partial charge in [-0.1, -0.05) is 68.3 Å². The van der Waals surface area contributed by atoms with Crippen LogP contribution in [0, 0.1) is 11.8 Å². The van der Waals surface area contributed by atoms with Gasteiger partial charge in [-0.05, 0) is 59.9 Å². The third-order valence-electron chi connectivity index (χ3n) is 8.45. The Morgan fingerprint density at radius 1 is 0.889 bits per heavy atom. The molecule has 0 radical (unpaired) electrons. The van der Waals surface area contributed by atoms with Crippen LogP contribution in [0.1, 0.15) is 61.3 Å². The number of amides is 2. The molecule has 1 N–H and O–H groups in total. The predicted octanol–water partition coefficient (Wildman–Crippen LogP) is 5.19. The van der Waals surface area contributed by atoms with Crippen molar-refractivity contribution in [2.24, 2.45) is 11.8 Å². The summed E-state index contributed by atoms with van der Waals surface area (Å²) < 4.78 is 5.83. The Morgan fingerprint density at radius 3 is 2.08 bits per heavy atom. The lowest BCUT2D eigenvalue weighted by Gasteiger charge is -2.55. The molecule has 2 bridgehead atoms. The third kappa shape index (κ3) is 2.99. The predicted molar refractivity (Wildman–Crippen MR) is 138 cm³/mol. The van der Waals surface area contributed by atoms with Gasteiger partial charge in [0.2, 0.25) is 11.8 Å². The zero-order valence-electron chi connectivity index (χ0n) is 20.7. The maximum Gasteiger partial charge on any atom is 0.239 e. The Labute approximate surface area is 211 Å². The SMILES string of the molecule is CCCCCOc1ccc(N2C(=O)C3C4c5ccccc5C(C(C)O)(c5ccccc54)C3C2=O)cc1. The van der Waals surface area contributed by atoms with E-state index in [-0.39, 0.29) is 17.7 Å². The molecule has 3 aromatic rings. The van der Waals surface area contributed by atoms with E-state index in [4.69, 9.17) is 4.74 Å². The highest BCUT2D eigenvalue weighted by atomic mass is 16.5. The van der Waals surface area contributed by atoms with Crippen molar-refractivity contribution in [2.45, 2.75) is 50.5 Å². The van der Waals surface area contributed by atoms with Gasteiger partial charge in [0.25, 0.3) is 0 Å². The number of anilines is 1. The minimum atomic E-state index is -0.976. The van der Waals surface area contributed by atoms with E-state index in [9.17, 15) is 14.7 Å². The summed E-state index contributed by atoms with van der Waals surface area (Å²) in [7, 11) is 0. The van der Waals surface area contributed by atoms with Gasteiger partial charge >= 0.3 is 0 Å². The van der Waals surface area contributed by atoms with E-state index in [1.165, 1.54) is 4.90 Å². The molecule has 4 aliphatic rings. The standard InChI is InChI=1S/C31H31NO4/c1-3-4-9-18-36-21-16-14-20(15-17-21)32-29(34)27-26-22-10-5-7-12-24(22)31(19(2)33,28(27)30(32)35)25-13-8-6-11-23(25)26/h5-8,10-17,19,26-28,33H,3-4,9,18H2,1-2H3. The van der Waals surface area contributed by atoms with E-state index in [2.05, 4.69) is 6.92 Å². The van der Waals surface area contributed by atoms with E-state index in [1.54, 1.807) is 19.1 Å². The molecule has 3 atom stereocenters. The zero-order chi connectivity index (χ0) is 25.0. The highest BCUT2D eigenvalue weighted by Crippen LogP contribution is 2.65. The molecule has 2 amide bonds. The lowest BCUT2D eigenvalue weighted by Crippen LogP contribution is -2.58. The number of ether oxygens (including phenoxy) is 1. The van der Waals surface area contributed by atoms with E-state index in [0.717, 1.165) is 47.3 Å². The number of carbonyl (C=O) groups excluding carboxylic acids is 2. The lowest BCUT2D eigenvalue weighted by atomic mass is 9.46. The van der Waals surface area contributed by atoms with Gasteiger partial charge in [0, 0.05) is 5.92 Å². The van der Waals surface area contributed by atoms with E-state index in [0.29, 0.717) is 12.3 Å². The van der Waals surface area contributed by atoms with Crippen LogP contribution >= 0.6 is 0 Å². The fourth-order valence-electron chi connectivity index (χ4n) is 7.03. The minimum absolute atomic E-state index is 0.194. The zero-order valence-corrected chi connectivity index (χ0v) is 20.7. The molecule has 7 rings (SSSR count). The highest BCUT2D eigenvalue weighted by Gasteiger charge is 2.69. The number of benzene rings is 3. The average Bonchev–Trinajstić information content (AvgIpc) is 3.17. The fourth-order valence-corrected chi connectivity index (χ4v) is 7.03. The second-order valence-electron chi connectivity index (χ2n) is 10.3. The molecule has 1 fully saturated rings. The van der Waals surface area contributed by atoms with Crippen molar-refractivity contribution in [3.63, 3.8) is 0 Å². The maximum atomic E-state index is 14.2. The van der Waals surface area contributed by atoms with Crippen LogP contribution in [0.15, 0.2) is 72.8 Å². The number of carbonyl (C=O) groups is 2. The summed E-state index contributed by atoms with van der Waals surface area (Å²) in [5, 5.41) is 11.4. The Kier molecular flexibility index (Phi) is 5.49. The Bertz CT molecular complexity index is 1280. The number of unbranched alkanes of at least 4 members (excludes halogenated alkanes) is 2.